The molecule has 1 aromatic carbocycles. The predicted octanol–water partition coefficient (Wildman–Crippen LogP) is -0.0708. The Morgan fingerprint density at radius 2 is 1.55 bits per heavy atom. The molecule has 0 saturated carbocycles. The van der Waals surface area contributed by atoms with Gasteiger partial charge in [0.2, 0.25) is 6.29 Å². The molecule has 2 aliphatic rings. The molecule has 8 N–H and O–H groups in total. The van der Waals surface area contributed by atoms with Gasteiger partial charge in [-0.1, -0.05) is 0 Å². The van der Waals surface area contributed by atoms with Crippen LogP contribution >= 0.6 is 15.6 Å². The molecule has 2 aliphatic heterocycles. The zero-order valence-corrected chi connectivity index (χ0v) is 26.9. The van der Waals surface area contributed by atoms with Crippen molar-refractivity contribution in [1.29, 1.82) is 0 Å². The maximum Gasteiger partial charge on any atom is 0.481 e. The number of phosphoric ester groups is 2. The Labute approximate surface area is 280 Å². The van der Waals surface area contributed by atoms with Gasteiger partial charge in [0.1, 0.15) is 59.8 Å². The zero-order chi connectivity index (χ0) is 37.0. The monoisotopic (exact) mass is 771 g/mol. The average molecular weight is 771 g/mol. The van der Waals surface area contributed by atoms with Crippen LogP contribution in [0.2, 0.25) is 0 Å². The minimum atomic E-state index is -5.50. The number of hydrogen-bond donors (Lipinski definition) is 7. The molecule has 278 valence electrons. The van der Waals surface area contributed by atoms with E-state index in [0.29, 0.717) is 0 Å². The number of ether oxygens (including phenoxy) is 3. The van der Waals surface area contributed by atoms with Gasteiger partial charge in [-0.3, -0.25) is 13.6 Å². The summed E-state index contributed by atoms with van der Waals surface area (Å²) >= 11 is 0. The Morgan fingerprint density at radius 1 is 0.902 bits per heavy atom. The normalized spacial score (nSPS) is 29.4. The van der Waals surface area contributed by atoms with E-state index in [1.54, 1.807) is 0 Å². The lowest BCUT2D eigenvalue weighted by molar-refractivity contribution is -0.136. The first kappa shape index (κ1) is 37.2. The minimum absolute atomic E-state index is 0.0194. The van der Waals surface area contributed by atoms with Crippen molar-refractivity contribution in [2.45, 2.75) is 55.3 Å². The summed E-state index contributed by atoms with van der Waals surface area (Å²) in [6.45, 7) is -2.02. The second-order valence-corrected chi connectivity index (χ2v) is 14.1. The number of aliphatic hydroxyl groups excluding tert-OH is 4. The van der Waals surface area contributed by atoms with E-state index in [2.05, 4.69) is 28.3 Å². The number of nitrogens with two attached hydrogens (primary N) is 1. The van der Waals surface area contributed by atoms with Crippen LogP contribution in [0.25, 0.3) is 22.1 Å². The highest BCUT2D eigenvalue weighted by Gasteiger charge is 2.48. The van der Waals surface area contributed by atoms with E-state index in [0.717, 1.165) is 24.5 Å². The summed E-state index contributed by atoms with van der Waals surface area (Å²) in [7, 11) is -11.0. The molecule has 2 unspecified atom stereocenters. The Kier molecular flexibility index (Phi) is 10.0. The van der Waals surface area contributed by atoms with E-state index in [-0.39, 0.29) is 28.8 Å². The number of imidazole rings is 1. The molecule has 6 rings (SSSR count). The second-order valence-electron chi connectivity index (χ2n) is 11.0. The van der Waals surface area contributed by atoms with Gasteiger partial charge in [0, 0.05) is 17.5 Å². The molecule has 51 heavy (non-hydrogen) atoms. The number of hydrogen-bond acceptors (Lipinski definition) is 18. The van der Waals surface area contributed by atoms with Crippen molar-refractivity contribution in [3.05, 3.63) is 52.9 Å². The van der Waals surface area contributed by atoms with Crippen molar-refractivity contribution >= 4 is 43.6 Å². The number of aliphatic hydroxyl groups is 4. The van der Waals surface area contributed by atoms with Crippen LogP contribution in [0.1, 0.15) is 11.8 Å². The molecular formula is C25H26F3N5O16P2. The topological polar surface area (TPSA) is 311 Å². The van der Waals surface area contributed by atoms with Crippen LogP contribution in [0.5, 0.6) is 5.75 Å². The first-order chi connectivity index (χ1) is 23.8. The zero-order valence-electron chi connectivity index (χ0n) is 25.2. The largest absolute Gasteiger partial charge is 0.481 e. The van der Waals surface area contributed by atoms with Gasteiger partial charge < -0.3 is 54.6 Å². The molecule has 0 radical (unpaired) electrons. The van der Waals surface area contributed by atoms with E-state index in [4.69, 9.17) is 24.4 Å². The summed E-state index contributed by atoms with van der Waals surface area (Å²) in [4.78, 5) is 43.5. The van der Waals surface area contributed by atoms with E-state index < -0.39 is 106 Å². The van der Waals surface area contributed by atoms with Crippen LogP contribution in [-0.2, 0) is 38.1 Å². The lowest BCUT2D eigenvalue weighted by atomic mass is 10.1. The molecule has 2 fully saturated rings. The Hall–Kier alpha value is -3.61. The summed E-state index contributed by atoms with van der Waals surface area (Å²) < 4.78 is 101. The highest BCUT2D eigenvalue weighted by atomic mass is 31.3. The van der Waals surface area contributed by atoms with Crippen molar-refractivity contribution in [2.75, 3.05) is 18.9 Å². The van der Waals surface area contributed by atoms with Crippen LogP contribution in [0, 0.1) is 0 Å². The number of aromatic nitrogens is 4. The van der Waals surface area contributed by atoms with Crippen molar-refractivity contribution in [3.8, 4) is 5.75 Å². The third kappa shape index (κ3) is 7.78. The van der Waals surface area contributed by atoms with Crippen LogP contribution in [0.4, 0.5) is 19.0 Å². The summed E-state index contributed by atoms with van der Waals surface area (Å²) in [5.41, 5.74) is 2.94. The van der Waals surface area contributed by atoms with Gasteiger partial charge in [-0.2, -0.15) is 17.5 Å². The average Bonchev–Trinajstić information content (AvgIpc) is 3.68. The summed E-state index contributed by atoms with van der Waals surface area (Å²) in [6.07, 6.45) is -15.8. The number of halogens is 3. The Bertz CT molecular complexity index is 2090. The lowest BCUT2D eigenvalue weighted by Crippen LogP contribution is -2.35. The maximum atomic E-state index is 13.3. The van der Waals surface area contributed by atoms with E-state index in [1.807, 2.05) is 0 Å². The number of rotatable bonds is 11. The molecule has 3 aromatic heterocycles. The summed E-state index contributed by atoms with van der Waals surface area (Å²) in [5.74, 6) is -0.254. The molecule has 0 spiro atoms. The molecule has 21 nitrogen and oxygen atoms in total. The van der Waals surface area contributed by atoms with E-state index >= 15 is 0 Å². The number of nitrogen functional groups attached to an aromatic ring is 1. The Balaban J connectivity index is 1.03. The van der Waals surface area contributed by atoms with Gasteiger partial charge in [-0.15, -0.1) is 0 Å². The van der Waals surface area contributed by atoms with Crippen LogP contribution in [0.3, 0.4) is 0 Å². The van der Waals surface area contributed by atoms with Crippen LogP contribution in [-0.4, -0.2) is 106 Å². The molecule has 0 aliphatic carbocycles. The van der Waals surface area contributed by atoms with E-state index in [1.165, 1.54) is 10.9 Å². The van der Waals surface area contributed by atoms with E-state index in [9.17, 15) is 57.3 Å². The lowest BCUT2D eigenvalue weighted by Gasteiger charge is -2.20. The molecule has 5 heterocycles. The van der Waals surface area contributed by atoms with Crippen LogP contribution in [0.15, 0.2) is 46.1 Å². The number of anilines is 1. The highest BCUT2D eigenvalue weighted by molar-refractivity contribution is 7.61. The number of phosphoric acid groups is 2. The third-order valence-corrected chi connectivity index (χ3v) is 10.2. The SMILES string of the molecule is Nc1ncnc2c1ncn2[C@@H]1O[C@H](COP(=O)(O)OP(=O)(O)OC[C@H]2O[C@H](Oc3ccc4c(C(F)(F)F)cc(=O)oc4c3)[C@H](O)[C@@H]2O)[C@@H](O)[C@H]1O. The molecule has 0 bridgehead atoms. The fourth-order valence-corrected chi connectivity index (χ4v) is 7.29. The van der Waals surface area contributed by atoms with Gasteiger partial charge in [-0.05, 0) is 12.1 Å². The fourth-order valence-electron chi connectivity index (χ4n) is 5.20. The molecule has 10 atom stereocenters. The maximum absolute atomic E-state index is 13.3. The van der Waals surface area contributed by atoms with Gasteiger partial charge in [0.25, 0.3) is 0 Å². The second kappa shape index (κ2) is 13.7. The molecule has 2 saturated heterocycles. The highest BCUT2D eigenvalue weighted by Crippen LogP contribution is 2.60. The molecule has 0 amide bonds. The van der Waals surface area contributed by atoms with Crippen molar-refractivity contribution < 1.29 is 84.5 Å². The third-order valence-electron chi connectivity index (χ3n) is 7.60. The minimum Gasteiger partial charge on any atom is -0.462 e. The number of fused-ring (bicyclic) bond motifs is 2. The molecular weight excluding hydrogens is 745 g/mol. The fraction of sp³-hybridized carbons (Fsp3) is 0.440. The van der Waals surface area contributed by atoms with Crippen LogP contribution < -0.4 is 16.1 Å². The molecule has 26 heteroatoms. The van der Waals surface area contributed by atoms with Crippen molar-refractivity contribution in [2.24, 2.45) is 0 Å². The van der Waals surface area contributed by atoms with Gasteiger partial charge in [0.05, 0.1) is 25.1 Å². The summed E-state index contributed by atoms with van der Waals surface area (Å²) in [6, 6.07) is 3.12. The molecule has 4 aromatic rings. The number of nitrogens with zero attached hydrogens (tertiary/aromatic N) is 4. The first-order valence-electron chi connectivity index (χ1n) is 14.3. The first-order valence-corrected chi connectivity index (χ1v) is 17.3. The number of alkyl halides is 3. The smallest absolute Gasteiger partial charge is 0.462 e. The Morgan fingerprint density at radius 3 is 2.22 bits per heavy atom. The standard InChI is InChI=1S/C25H26F3N5O16P2/c26-25(27,28)11-4-15(34)46-12-3-9(1-2-10(11)12)45-24-20(38)18(36)14(48-24)6-44-51(41,42)49-50(39,40)43-5-13-17(35)19(37)23(47-13)33-8-32-16-21(29)30-7-31-22(16)33/h1-4,7-8,13-14,17-20,23-24,35-38H,5-6H2,(H,39,40)(H,41,42)(H2,29,30,31)/t13-,14-,17-,18-,19-,20-,23-,24+/m1/s1. The van der Waals surface area contributed by atoms with Gasteiger partial charge >= 0.3 is 27.4 Å². The quantitative estimate of drug-likeness (QED) is 0.0775. The van der Waals surface area contributed by atoms with Crippen molar-refractivity contribution in [3.63, 3.8) is 0 Å². The van der Waals surface area contributed by atoms with Gasteiger partial charge in [0.15, 0.2) is 17.7 Å². The van der Waals surface area contributed by atoms with Crippen molar-refractivity contribution in [1.82, 2.24) is 19.5 Å². The number of benzene rings is 1. The predicted molar refractivity (Wildman–Crippen MR) is 157 cm³/mol. The summed E-state index contributed by atoms with van der Waals surface area (Å²) in [5, 5.41) is 41.2. The van der Waals surface area contributed by atoms with Gasteiger partial charge in [-0.25, -0.2) is 28.9 Å².